The van der Waals surface area contributed by atoms with E-state index in [4.69, 9.17) is 0 Å². The third-order valence-corrected chi connectivity index (χ3v) is 3.05. The molecule has 3 heteroatoms. The number of hydrogen-bond donors (Lipinski definition) is 1. The number of aromatic nitrogens is 2. The predicted molar refractivity (Wildman–Crippen MR) is 65.3 cm³/mol. The molecule has 0 saturated carbocycles. The molecule has 1 aromatic heterocycles. The number of hydrogen-bond acceptors (Lipinski definition) is 2. The van der Waals surface area contributed by atoms with Crippen LogP contribution in [-0.2, 0) is 6.54 Å². The van der Waals surface area contributed by atoms with E-state index < -0.39 is 0 Å². The Labute approximate surface area is 92.9 Å². The largest absolute Gasteiger partial charge is 0.379 e. The molecule has 1 N–H and O–H groups in total. The molecule has 0 amide bonds. The molecular formula is C12H23N3. The fraction of sp³-hybridized carbons (Fsp3) is 0.750. The quantitative estimate of drug-likeness (QED) is 0.826. The van der Waals surface area contributed by atoms with E-state index in [-0.39, 0.29) is 0 Å². The zero-order valence-electron chi connectivity index (χ0n) is 10.8. The minimum Gasteiger partial charge on any atom is -0.379 e. The monoisotopic (exact) mass is 209 g/mol. The molecule has 1 rings (SSSR count). The number of rotatable bonds is 4. The average Bonchev–Trinajstić information content (AvgIpc) is 2.44. The van der Waals surface area contributed by atoms with Gasteiger partial charge in [-0.05, 0) is 33.6 Å². The van der Waals surface area contributed by atoms with Crippen LogP contribution < -0.4 is 5.32 Å². The van der Waals surface area contributed by atoms with Crippen molar-refractivity contribution in [2.45, 2.75) is 54.1 Å². The van der Waals surface area contributed by atoms with Crippen molar-refractivity contribution >= 4 is 5.69 Å². The summed E-state index contributed by atoms with van der Waals surface area (Å²) in [7, 11) is 0. The molecule has 86 valence electrons. The maximum atomic E-state index is 4.50. The van der Waals surface area contributed by atoms with Crippen LogP contribution in [0.25, 0.3) is 0 Å². The molecule has 1 unspecified atom stereocenters. The van der Waals surface area contributed by atoms with Crippen molar-refractivity contribution < 1.29 is 0 Å². The van der Waals surface area contributed by atoms with E-state index in [1.807, 2.05) is 4.68 Å². The highest BCUT2D eigenvalue weighted by molar-refractivity contribution is 5.52. The molecule has 1 atom stereocenters. The van der Waals surface area contributed by atoms with Crippen LogP contribution in [0.4, 0.5) is 5.69 Å². The van der Waals surface area contributed by atoms with Gasteiger partial charge in [0.05, 0.1) is 17.1 Å². The second kappa shape index (κ2) is 4.69. The highest BCUT2D eigenvalue weighted by Crippen LogP contribution is 2.21. The molecule has 1 aromatic rings. The first-order chi connectivity index (χ1) is 6.97. The van der Waals surface area contributed by atoms with E-state index in [9.17, 15) is 0 Å². The van der Waals surface area contributed by atoms with Crippen LogP contribution in [0.15, 0.2) is 0 Å². The molecule has 0 spiro atoms. The molecule has 0 aliphatic carbocycles. The van der Waals surface area contributed by atoms with Gasteiger partial charge >= 0.3 is 0 Å². The maximum absolute atomic E-state index is 4.50. The fourth-order valence-electron chi connectivity index (χ4n) is 1.61. The Morgan fingerprint density at radius 1 is 1.27 bits per heavy atom. The summed E-state index contributed by atoms with van der Waals surface area (Å²) in [6.07, 6.45) is 0. The van der Waals surface area contributed by atoms with Crippen molar-refractivity contribution in [1.29, 1.82) is 0 Å². The summed E-state index contributed by atoms with van der Waals surface area (Å²) in [6.45, 7) is 13.9. The Bertz CT molecular complexity index is 326. The SMILES string of the molecule is CCn1nc(C)c(NC(C)C(C)C)c1C. The minimum absolute atomic E-state index is 0.483. The smallest absolute Gasteiger partial charge is 0.0828 e. The van der Waals surface area contributed by atoms with Crippen LogP contribution in [0, 0.1) is 19.8 Å². The van der Waals surface area contributed by atoms with Crippen molar-refractivity contribution in [3.63, 3.8) is 0 Å². The first-order valence-corrected chi connectivity index (χ1v) is 5.77. The third-order valence-electron chi connectivity index (χ3n) is 3.05. The summed E-state index contributed by atoms with van der Waals surface area (Å²) in [5, 5.41) is 8.04. The first-order valence-electron chi connectivity index (χ1n) is 5.77. The van der Waals surface area contributed by atoms with Crippen molar-refractivity contribution in [2.75, 3.05) is 5.32 Å². The van der Waals surface area contributed by atoms with Crippen molar-refractivity contribution in [2.24, 2.45) is 5.92 Å². The van der Waals surface area contributed by atoms with Crippen LogP contribution in [0.3, 0.4) is 0 Å². The summed E-state index contributed by atoms with van der Waals surface area (Å²) >= 11 is 0. The first kappa shape index (κ1) is 12.1. The third kappa shape index (κ3) is 2.52. The lowest BCUT2D eigenvalue weighted by atomic mass is 10.1. The molecule has 15 heavy (non-hydrogen) atoms. The summed E-state index contributed by atoms with van der Waals surface area (Å²) in [5.41, 5.74) is 3.54. The molecule has 0 aliphatic heterocycles. The average molecular weight is 209 g/mol. The Kier molecular flexibility index (Phi) is 3.77. The second-order valence-corrected chi connectivity index (χ2v) is 4.54. The second-order valence-electron chi connectivity index (χ2n) is 4.54. The number of aryl methyl sites for hydroxylation is 2. The van der Waals surface area contributed by atoms with Crippen molar-refractivity contribution in [3.8, 4) is 0 Å². The Morgan fingerprint density at radius 3 is 2.27 bits per heavy atom. The Balaban J connectivity index is 2.89. The Hall–Kier alpha value is -0.990. The molecule has 0 saturated heterocycles. The van der Waals surface area contributed by atoms with Gasteiger partial charge in [0, 0.05) is 12.6 Å². The molecule has 0 aromatic carbocycles. The zero-order chi connectivity index (χ0) is 11.6. The molecular weight excluding hydrogens is 186 g/mol. The van der Waals surface area contributed by atoms with Crippen LogP contribution in [0.1, 0.15) is 39.1 Å². The van der Waals surface area contributed by atoms with Gasteiger partial charge in [0.25, 0.3) is 0 Å². The van der Waals surface area contributed by atoms with E-state index in [1.165, 1.54) is 11.4 Å². The highest BCUT2D eigenvalue weighted by Gasteiger charge is 2.14. The van der Waals surface area contributed by atoms with Gasteiger partial charge in [-0.25, -0.2) is 0 Å². The molecule has 0 bridgehead atoms. The normalized spacial score (nSPS) is 13.3. The van der Waals surface area contributed by atoms with Gasteiger partial charge in [-0.3, -0.25) is 4.68 Å². The lowest BCUT2D eigenvalue weighted by Gasteiger charge is -2.19. The topological polar surface area (TPSA) is 29.9 Å². The molecule has 0 radical (unpaired) electrons. The summed E-state index contributed by atoms with van der Waals surface area (Å²) in [4.78, 5) is 0. The van der Waals surface area contributed by atoms with Gasteiger partial charge in [-0.2, -0.15) is 5.10 Å². The zero-order valence-corrected chi connectivity index (χ0v) is 10.8. The van der Waals surface area contributed by atoms with Gasteiger partial charge in [0.2, 0.25) is 0 Å². The molecule has 1 heterocycles. The summed E-state index contributed by atoms with van der Waals surface area (Å²) in [5.74, 6) is 0.633. The van der Waals surface area contributed by atoms with E-state index in [0.717, 1.165) is 12.2 Å². The van der Waals surface area contributed by atoms with Crippen LogP contribution in [0.5, 0.6) is 0 Å². The predicted octanol–water partition coefficient (Wildman–Crippen LogP) is 2.98. The van der Waals surface area contributed by atoms with Gasteiger partial charge in [-0.1, -0.05) is 13.8 Å². The van der Waals surface area contributed by atoms with E-state index >= 15 is 0 Å². The van der Waals surface area contributed by atoms with Crippen LogP contribution in [-0.4, -0.2) is 15.8 Å². The highest BCUT2D eigenvalue weighted by atomic mass is 15.3. The molecule has 0 fully saturated rings. The van der Waals surface area contributed by atoms with Crippen molar-refractivity contribution in [3.05, 3.63) is 11.4 Å². The number of anilines is 1. The van der Waals surface area contributed by atoms with Gasteiger partial charge < -0.3 is 5.32 Å². The standard InChI is InChI=1S/C12H23N3/c1-7-15-11(6)12(10(5)14-15)13-9(4)8(2)3/h8-9,13H,7H2,1-6H3. The van der Waals surface area contributed by atoms with Gasteiger partial charge in [-0.15, -0.1) is 0 Å². The van der Waals surface area contributed by atoms with Crippen LogP contribution >= 0.6 is 0 Å². The van der Waals surface area contributed by atoms with E-state index in [1.54, 1.807) is 0 Å². The lowest BCUT2D eigenvalue weighted by molar-refractivity contribution is 0.559. The van der Waals surface area contributed by atoms with Crippen molar-refractivity contribution in [1.82, 2.24) is 9.78 Å². The summed E-state index contributed by atoms with van der Waals surface area (Å²) in [6, 6.07) is 0.483. The van der Waals surface area contributed by atoms with Crippen LogP contribution in [0.2, 0.25) is 0 Å². The Morgan fingerprint density at radius 2 is 1.87 bits per heavy atom. The number of nitrogens with one attached hydrogen (secondary N) is 1. The molecule has 0 aliphatic rings. The summed E-state index contributed by atoms with van der Waals surface area (Å²) < 4.78 is 2.05. The van der Waals surface area contributed by atoms with Gasteiger partial charge in [0.1, 0.15) is 0 Å². The van der Waals surface area contributed by atoms with Gasteiger partial charge in [0.15, 0.2) is 0 Å². The van der Waals surface area contributed by atoms with E-state index in [2.05, 4.69) is 52.0 Å². The maximum Gasteiger partial charge on any atom is 0.0828 e. The minimum atomic E-state index is 0.483. The molecule has 3 nitrogen and oxygen atoms in total. The van der Waals surface area contributed by atoms with E-state index in [0.29, 0.717) is 12.0 Å². The number of nitrogens with zero attached hydrogens (tertiary/aromatic N) is 2. The fourth-order valence-corrected chi connectivity index (χ4v) is 1.61. The lowest BCUT2D eigenvalue weighted by Crippen LogP contribution is -2.22.